The summed E-state index contributed by atoms with van der Waals surface area (Å²) in [6, 6.07) is 3.94. The summed E-state index contributed by atoms with van der Waals surface area (Å²) >= 11 is 0. The predicted octanol–water partition coefficient (Wildman–Crippen LogP) is 2.63. The zero-order valence-corrected chi connectivity index (χ0v) is 13.2. The van der Waals surface area contributed by atoms with Gasteiger partial charge in [0.25, 0.3) is 5.91 Å². The summed E-state index contributed by atoms with van der Waals surface area (Å²) in [5.74, 6) is -8.80. The molecule has 1 amide bonds. The van der Waals surface area contributed by atoms with Crippen LogP contribution in [0.3, 0.4) is 0 Å². The number of carbonyl (C=O) groups excluding carboxylic acids is 2. The summed E-state index contributed by atoms with van der Waals surface area (Å²) in [4.78, 5) is 23.5. The van der Waals surface area contributed by atoms with Gasteiger partial charge in [-0.15, -0.1) is 0 Å². The molecular weight excluding hydrogens is 360 g/mol. The number of nitrogens with one attached hydrogen (secondary N) is 1. The Morgan fingerprint density at radius 2 is 1.69 bits per heavy atom. The van der Waals surface area contributed by atoms with E-state index in [-0.39, 0.29) is 17.3 Å². The summed E-state index contributed by atoms with van der Waals surface area (Å²) in [5.41, 5.74) is 4.44. The first kappa shape index (κ1) is 19.0. The minimum atomic E-state index is -1.79. The zero-order chi connectivity index (χ0) is 19.4. The van der Waals surface area contributed by atoms with Crippen molar-refractivity contribution >= 4 is 23.3 Å². The number of methoxy groups -OCH3 is 1. The number of carbonyl (C=O) groups is 2. The molecule has 0 aromatic heterocycles. The monoisotopic (exact) mass is 372 g/mol. The van der Waals surface area contributed by atoms with Crippen molar-refractivity contribution in [2.24, 2.45) is 0 Å². The molecule has 2 rings (SSSR count). The lowest BCUT2D eigenvalue weighted by Crippen LogP contribution is -2.22. The van der Waals surface area contributed by atoms with Crippen LogP contribution in [0.15, 0.2) is 24.3 Å². The zero-order valence-electron chi connectivity index (χ0n) is 13.2. The van der Waals surface area contributed by atoms with Crippen LogP contribution in [-0.2, 0) is 9.53 Å². The number of halogens is 4. The van der Waals surface area contributed by atoms with E-state index >= 15 is 0 Å². The molecule has 0 saturated carbocycles. The van der Waals surface area contributed by atoms with Gasteiger partial charge in [-0.2, -0.15) is 0 Å². The van der Waals surface area contributed by atoms with Crippen molar-refractivity contribution in [2.75, 3.05) is 24.8 Å². The second-order valence-electron chi connectivity index (χ2n) is 4.92. The molecule has 0 aliphatic heterocycles. The number of benzene rings is 2. The van der Waals surface area contributed by atoms with Gasteiger partial charge in [-0.3, -0.25) is 4.79 Å². The number of ether oxygens (including phenoxy) is 2. The van der Waals surface area contributed by atoms with Gasteiger partial charge >= 0.3 is 5.97 Å². The minimum Gasteiger partial charge on any atom is -0.495 e. The number of nitrogens with two attached hydrogens (primary N) is 1. The van der Waals surface area contributed by atoms with E-state index in [4.69, 9.17) is 10.5 Å². The number of hydrogen-bond donors (Lipinski definition) is 2. The highest BCUT2D eigenvalue weighted by Gasteiger charge is 2.21. The van der Waals surface area contributed by atoms with Crippen molar-refractivity contribution < 1.29 is 36.6 Å². The highest BCUT2D eigenvalue weighted by atomic mass is 19.2. The summed E-state index contributed by atoms with van der Waals surface area (Å²) in [6.07, 6.45) is 0. The Bertz CT molecular complexity index is 848. The third kappa shape index (κ3) is 4.02. The first-order valence-corrected chi connectivity index (χ1v) is 6.98. The van der Waals surface area contributed by atoms with E-state index in [0.29, 0.717) is 5.75 Å². The first-order chi connectivity index (χ1) is 12.2. The topological polar surface area (TPSA) is 90.6 Å². The number of hydrogen-bond acceptors (Lipinski definition) is 5. The maximum absolute atomic E-state index is 13.5. The average molecular weight is 372 g/mol. The van der Waals surface area contributed by atoms with Crippen molar-refractivity contribution in [3.63, 3.8) is 0 Å². The summed E-state index contributed by atoms with van der Waals surface area (Å²) in [6.45, 7) is -0.957. The largest absolute Gasteiger partial charge is 0.495 e. The second kappa shape index (κ2) is 7.72. The molecule has 2 aromatic rings. The van der Waals surface area contributed by atoms with Gasteiger partial charge in [0.1, 0.15) is 11.4 Å². The van der Waals surface area contributed by atoms with E-state index in [1.165, 1.54) is 25.3 Å². The van der Waals surface area contributed by atoms with Crippen LogP contribution in [0.2, 0.25) is 0 Å². The maximum Gasteiger partial charge on any atom is 0.338 e. The third-order valence-corrected chi connectivity index (χ3v) is 3.18. The second-order valence-corrected chi connectivity index (χ2v) is 4.92. The Morgan fingerprint density at radius 3 is 2.23 bits per heavy atom. The molecule has 10 heteroatoms. The first-order valence-electron chi connectivity index (χ1n) is 6.98. The number of esters is 1. The van der Waals surface area contributed by atoms with Gasteiger partial charge in [0.05, 0.1) is 18.4 Å². The van der Waals surface area contributed by atoms with Crippen molar-refractivity contribution in [1.29, 1.82) is 0 Å². The Labute approximate surface area is 144 Å². The van der Waals surface area contributed by atoms with E-state index in [1.54, 1.807) is 5.32 Å². The van der Waals surface area contributed by atoms with E-state index in [1.807, 2.05) is 0 Å². The Kier molecular flexibility index (Phi) is 5.65. The predicted molar refractivity (Wildman–Crippen MR) is 82.6 cm³/mol. The van der Waals surface area contributed by atoms with E-state index in [9.17, 15) is 27.2 Å². The van der Waals surface area contributed by atoms with Gasteiger partial charge in [-0.25, -0.2) is 22.4 Å². The fourth-order valence-corrected chi connectivity index (χ4v) is 1.93. The molecule has 3 N–H and O–H groups in total. The Hall–Kier alpha value is -3.30. The van der Waals surface area contributed by atoms with Gasteiger partial charge < -0.3 is 20.5 Å². The van der Waals surface area contributed by atoms with E-state index < -0.39 is 47.4 Å². The SMILES string of the molecule is COc1ccc(C(=O)OCC(=O)Nc2c(F)c(F)cc(F)c2F)cc1N. The van der Waals surface area contributed by atoms with Crippen molar-refractivity contribution in [2.45, 2.75) is 0 Å². The molecule has 0 radical (unpaired) electrons. The molecule has 0 unspecified atom stereocenters. The molecule has 0 bridgehead atoms. The summed E-state index contributed by atoms with van der Waals surface area (Å²) in [7, 11) is 1.38. The highest BCUT2D eigenvalue weighted by Crippen LogP contribution is 2.24. The lowest BCUT2D eigenvalue weighted by molar-refractivity contribution is -0.119. The lowest BCUT2D eigenvalue weighted by atomic mass is 10.2. The lowest BCUT2D eigenvalue weighted by Gasteiger charge is -2.10. The van der Waals surface area contributed by atoms with Crippen LogP contribution in [0.25, 0.3) is 0 Å². The number of anilines is 2. The van der Waals surface area contributed by atoms with Gasteiger partial charge in [-0.05, 0) is 18.2 Å². The molecule has 0 spiro atoms. The molecule has 138 valence electrons. The molecule has 0 fully saturated rings. The summed E-state index contributed by atoms with van der Waals surface area (Å²) < 4.78 is 62.6. The van der Waals surface area contributed by atoms with Crippen molar-refractivity contribution in [3.8, 4) is 5.75 Å². The third-order valence-electron chi connectivity index (χ3n) is 3.18. The van der Waals surface area contributed by atoms with Gasteiger partial charge in [0, 0.05) is 6.07 Å². The van der Waals surface area contributed by atoms with E-state index in [2.05, 4.69) is 4.74 Å². The van der Waals surface area contributed by atoms with E-state index in [0.717, 1.165) is 0 Å². The van der Waals surface area contributed by atoms with Crippen LogP contribution in [-0.4, -0.2) is 25.6 Å². The molecule has 0 aliphatic rings. The van der Waals surface area contributed by atoms with Crippen LogP contribution >= 0.6 is 0 Å². The molecule has 0 heterocycles. The average Bonchev–Trinajstić information content (AvgIpc) is 2.61. The van der Waals surface area contributed by atoms with Gasteiger partial charge in [-0.1, -0.05) is 0 Å². The van der Waals surface area contributed by atoms with Gasteiger partial charge in [0.2, 0.25) is 0 Å². The number of rotatable bonds is 5. The maximum atomic E-state index is 13.5. The number of amides is 1. The fraction of sp³-hybridized carbons (Fsp3) is 0.125. The highest BCUT2D eigenvalue weighted by molar-refractivity contribution is 5.96. The number of nitrogen functional groups attached to an aromatic ring is 1. The molecule has 2 aromatic carbocycles. The Morgan fingerprint density at radius 1 is 1.08 bits per heavy atom. The van der Waals surface area contributed by atoms with Crippen LogP contribution in [0.1, 0.15) is 10.4 Å². The van der Waals surface area contributed by atoms with Crippen LogP contribution < -0.4 is 15.8 Å². The van der Waals surface area contributed by atoms with Crippen LogP contribution in [0, 0.1) is 23.3 Å². The standard InChI is InChI=1S/C16H12F4N2O4/c1-25-11-3-2-7(4-10(11)21)16(24)26-6-12(23)22-15-13(19)8(17)5-9(18)14(15)20/h2-5H,6,21H2,1H3,(H,22,23). The smallest absolute Gasteiger partial charge is 0.338 e. The molecule has 0 saturated heterocycles. The molecule has 0 atom stereocenters. The van der Waals surface area contributed by atoms with Crippen molar-refractivity contribution in [3.05, 3.63) is 53.1 Å². The van der Waals surface area contributed by atoms with Crippen molar-refractivity contribution in [1.82, 2.24) is 0 Å². The normalized spacial score (nSPS) is 10.3. The quantitative estimate of drug-likeness (QED) is 0.364. The molecule has 26 heavy (non-hydrogen) atoms. The molecular formula is C16H12F4N2O4. The minimum absolute atomic E-state index is 0.00553. The Balaban J connectivity index is 2.03. The fourth-order valence-electron chi connectivity index (χ4n) is 1.93. The van der Waals surface area contributed by atoms with Crippen LogP contribution in [0.4, 0.5) is 28.9 Å². The van der Waals surface area contributed by atoms with Gasteiger partial charge in [0.15, 0.2) is 29.9 Å². The summed E-state index contributed by atoms with van der Waals surface area (Å²) in [5, 5.41) is 1.61. The molecule has 0 aliphatic carbocycles. The van der Waals surface area contributed by atoms with Crippen LogP contribution in [0.5, 0.6) is 5.75 Å². The molecule has 6 nitrogen and oxygen atoms in total.